The van der Waals surface area contributed by atoms with E-state index in [9.17, 15) is 4.79 Å². The van der Waals surface area contributed by atoms with Crippen LogP contribution in [0.2, 0.25) is 0 Å². The Bertz CT molecular complexity index is 369. The molecule has 2 rings (SSSR count). The third-order valence-corrected chi connectivity index (χ3v) is 3.32. The lowest BCUT2D eigenvalue weighted by Crippen LogP contribution is -2.30. The first-order chi connectivity index (χ1) is 8.29. The van der Waals surface area contributed by atoms with Crippen LogP contribution in [0.25, 0.3) is 0 Å². The van der Waals surface area contributed by atoms with E-state index in [1.165, 1.54) is 0 Å². The van der Waals surface area contributed by atoms with Crippen molar-refractivity contribution < 1.29 is 9.53 Å². The van der Waals surface area contributed by atoms with Gasteiger partial charge in [-0.15, -0.1) is 11.6 Å². The minimum absolute atomic E-state index is 0.187. The van der Waals surface area contributed by atoms with Crippen molar-refractivity contribution in [3.8, 4) is 5.75 Å². The standard InChI is InChI=1S/C13H16ClNO2/c14-9-11-8-13(16)15(10-11)6-7-17-12-4-2-1-3-5-12/h1-5,11H,6-10H2. The summed E-state index contributed by atoms with van der Waals surface area (Å²) in [5, 5.41) is 0. The second-order valence-corrected chi connectivity index (χ2v) is 4.53. The van der Waals surface area contributed by atoms with Crippen LogP contribution in [0.4, 0.5) is 0 Å². The van der Waals surface area contributed by atoms with Gasteiger partial charge < -0.3 is 9.64 Å². The van der Waals surface area contributed by atoms with Gasteiger partial charge in [0.15, 0.2) is 0 Å². The first kappa shape index (κ1) is 12.2. The molecule has 0 radical (unpaired) electrons. The third kappa shape index (κ3) is 3.37. The summed E-state index contributed by atoms with van der Waals surface area (Å²) in [6.07, 6.45) is 0.578. The van der Waals surface area contributed by atoms with Crippen LogP contribution in [0.5, 0.6) is 5.75 Å². The fraction of sp³-hybridized carbons (Fsp3) is 0.462. The van der Waals surface area contributed by atoms with Gasteiger partial charge in [-0.25, -0.2) is 0 Å². The number of carbonyl (C=O) groups excluding carboxylic acids is 1. The van der Waals surface area contributed by atoms with Crippen LogP contribution < -0.4 is 4.74 Å². The number of amides is 1. The summed E-state index contributed by atoms with van der Waals surface area (Å²) in [4.78, 5) is 13.4. The summed E-state index contributed by atoms with van der Waals surface area (Å²) in [5.41, 5.74) is 0. The Balaban J connectivity index is 1.74. The Hall–Kier alpha value is -1.22. The number of hydrogen-bond acceptors (Lipinski definition) is 2. The van der Waals surface area contributed by atoms with E-state index in [2.05, 4.69) is 0 Å². The van der Waals surface area contributed by atoms with Crippen molar-refractivity contribution in [3.63, 3.8) is 0 Å². The minimum Gasteiger partial charge on any atom is -0.492 e. The number of alkyl halides is 1. The van der Waals surface area contributed by atoms with Crippen molar-refractivity contribution in [1.29, 1.82) is 0 Å². The summed E-state index contributed by atoms with van der Waals surface area (Å²) in [6.45, 7) is 1.94. The molecule has 4 heteroatoms. The fourth-order valence-corrected chi connectivity index (χ4v) is 2.17. The number of carbonyl (C=O) groups is 1. The molecule has 1 fully saturated rings. The Morgan fingerprint density at radius 3 is 2.76 bits per heavy atom. The van der Waals surface area contributed by atoms with Gasteiger partial charge in [0.1, 0.15) is 12.4 Å². The zero-order chi connectivity index (χ0) is 12.1. The molecular weight excluding hydrogens is 238 g/mol. The predicted molar refractivity (Wildman–Crippen MR) is 67.3 cm³/mol. The van der Waals surface area contributed by atoms with E-state index in [-0.39, 0.29) is 5.91 Å². The second kappa shape index (κ2) is 5.92. The number of nitrogens with zero attached hydrogens (tertiary/aromatic N) is 1. The molecular formula is C13H16ClNO2. The van der Waals surface area contributed by atoms with Crippen LogP contribution in [-0.2, 0) is 4.79 Å². The van der Waals surface area contributed by atoms with E-state index in [0.717, 1.165) is 12.3 Å². The number of ether oxygens (including phenoxy) is 1. The quantitative estimate of drug-likeness (QED) is 0.753. The molecule has 92 valence electrons. The van der Waals surface area contributed by atoms with Gasteiger partial charge in [-0.05, 0) is 18.1 Å². The van der Waals surface area contributed by atoms with Crippen LogP contribution in [-0.4, -0.2) is 36.4 Å². The second-order valence-electron chi connectivity index (χ2n) is 4.23. The Labute approximate surface area is 106 Å². The number of benzene rings is 1. The molecule has 1 atom stereocenters. The molecule has 1 amide bonds. The predicted octanol–water partition coefficient (Wildman–Crippen LogP) is 2.15. The van der Waals surface area contributed by atoms with Crippen LogP contribution in [0, 0.1) is 5.92 Å². The maximum atomic E-state index is 11.6. The van der Waals surface area contributed by atoms with Crippen molar-refractivity contribution in [3.05, 3.63) is 30.3 Å². The van der Waals surface area contributed by atoms with E-state index >= 15 is 0 Å². The van der Waals surface area contributed by atoms with Gasteiger partial charge in [-0.2, -0.15) is 0 Å². The molecule has 0 saturated carbocycles. The van der Waals surface area contributed by atoms with Gasteiger partial charge in [0.2, 0.25) is 5.91 Å². The Morgan fingerprint density at radius 1 is 1.35 bits per heavy atom. The number of likely N-dealkylation sites (tertiary alicyclic amines) is 1. The first-order valence-electron chi connectivity index (χ1n) is 5.81. The van der Waals surface area contributed by atoms with Crippen molar-refractivity contribution >= 4 is 17.5 Å². The van der Waals surface area contributed by atoms with Crippen LogP contribution in [0.3, 0.4) is 0 Å². The average molecular weight is 254 g/mol. The summed E-state index contributed by atoms with van der Waals surface area (Å²) in [7, 11) is 0. The molecule has 1 heterocycles. The number of halogens is 1. The average Bonchev–Trinajstić information content (AvgIpc) is 2.72. The van der Waals surface area contributed by atoms with E-state index in [1.54, 1.807) is 0 Å². The molecule has 1 aromatic carbocycles. The molecule has 1 aliphatic rings. The van der Waals surface area contributed by atoms with Gasteiger partial charge in [0.05, 0.1) is 6.54 Å². The van der Waals surface area contributed by atoms with Gasteiger partial charge in [0, 0.05) is 18.8 Å². The lowest BCUT2D eigenvalue weighted by Gasteiger charge is -2.16. The van der Waals surface area contributed by atoms with Crippen molar-refractivity contribution in [1.82, 2.24) is 4.90 Å². The molecule has 0 aliphatic carbocycles. The Morgan fingerprint density at radius 2 is 2.12 bits per heavy atom. The highest BCUT2D eigenvalue weighted by Crippen LogP contribution is 2.18. The van der Waals surface area contributed by atoms with Crippen molar-refractivity contribution in [2.45, 2.75) is 6.42 Å². The molecule has 1 unspecified atom stereocenters. The molecule has 17 heavy (non-hydrogen) atoms. The van der Waals surface area contributed by atoms with Crippen LogP contribution in [0.15, 0.2) is 30.3 Å². The fourth-order valence-electron chi connectivity index (χ4n) is 1.96. The highest BCUT2D eigenvalue weighted by molar-refractivity contribution is 6.18. The SMILES string of the molecule is O=C1CC(CCl)CN1CCOc1ccccc1. The monoisotopic (exact) mass is 253 g/mol. The molecule has 0 bridgehead atoms. The minimum atomic E-state index is 0.187. The van der Waals surface area contributed by atoms with Crippen LogP contribution >= 0.6 is 11.6 Å². The largest absolute Gasteiger partial charge is 0.492 e. The third-order valence-electron chi connectivity index (χ3n) is 2.89. The van der Waals surface area contributed by atoms with Gasteiger partial charge >= 0.3 is 0 Å². The van der Waals surface area contributed by atoms with Gasteiger partial charge in [-0.3, -0.25) is 4.79 Å². The van der Waals surface area contributed by atoms with E-state index < -0.39 is 0 Å². The molecule has 1 aliphatic heterocycles. The zero-order valence-corrected chi connectivity index (χ0v) is 10.4. The summed E-state index contributed by atoms with van der Waals surface area (Å²) >= 11 is 5.76. The van der Waals surface area contributed by atoms with Gasteiger partial charge in [0.25, 0.3) is 0 Å². The topological polar surface area (TPSA) is 29.5 Å². The maximum Gasteiger partial charge on any atom is 0.223 e. The molecule has 3 nitrogen and oxygen atoms in total. The number of rotatable bonds is 5. The molecule has 1 aromatic rings. The molecule has 0 aromatic heterocycles. The maximum absolute atomic E-state index is 11.6. The van der Waals surface area contributed by atoms with E-state index in [0.29, 0.717) is 31.4 Å². The summed E-state index contributed by atoms with van der Waals surface area (Å²) < 4.78 is 5.56. The van der Waals surface area contributed by atoms with Crippen LogP contribution in [0.1, 0.15) is 6.42 Å². The number of hydrogen-bond donors (Lipinski definition) is 0. The summed E-state index contributed by atoms with van der Waals surface area (Å²) in [6, 6.07) is 9.63. The molecule has 0 spiro atoms. The first-order valence-corrected chi connectivity index (χ1v) is 6.34. The normalized spacial score (nSPS) is 19.7. The van der Waals surface area contributed by atoms with Gasteiger partial charge in [-0.1, -0.05) is 18.2 Å². The highest BCUT2D eigenvalue weighted by Gasteiger charge is 2.28. The highest BCUT2D eigenvalue weighted by atomic mass is 35.5. The van der Waals surface area contributed by atoms with E-state index in [4.69, 9.17) is 16.3 Å². The van der Waals surface area contributed by atoms with Crippen molar-refractivity contribution in [2.24, 2.45) is 5.92 Å². The zero-order valence-electron chi connectivity index (χ0n) is 9.64. The van der Waals surface area contributed by atoms with E-state index in [1.807, 2.05) is 35.2 Å². The molecule has 1 saturated heterocycles. The Kier molecular flexibility index (Phi) is 4.26. The summed E-state index contributed by atoms with van der Waals surface area (Å²) in [5.74, 6) is 1.89. The lowest BCUT2D eigenvalue weighted by molar-refractivity contribution is -0.128. The lowest BCUT2D eigenvalue weighted by atomic mass is 10.2. The smallest absolute Gasteiger partial charge is 0.223 e. The molecule has 0 N–H and O–H groups in total. The van der Waals surface area contributed by atoms with Crippen molar-refractivity contribution in [2.75, 3.05) is 25.6 Å². The number of para-hydroxylation sites is 1.